The summed E-state index contributed by atoms with van der Waals surface area (Å²) in [5, 5.41) is 2.94. The van der Waals surface area contributed by atoms with Gasteiger partial charge in [-0.15, -0.1) is 0 Å². The number of aromatic nitrogens is 1. The summed E-state index contributed by atoms with van der Waals surface area (Å²) in [5.74, 6) is -1.17. The predicted octanol–water partition coefficient (Wildman–Crippen LogP) is 1.04. The van der Waals surface area contributed by atoms with Crippen molar-refractivity contribution in [3.05, 3.63) is 64.4 Å². The van der Waals surface area contributed by atoms with Crippen molar-refractivity contribution in [3.8, 4) is 0 Å². The van der Waals surface area contributed by atoms with Gasteiger partial charge in [0.15, 0.2) is 6.17 Å². The molecule has 1 saturated heterocycles. The molecule has 1 aliphatic heterocycles. The van der Waals surface area contributed by atoms with E-state index in [1.165, 1.54) is 28.1 Å². The molecule has 152 valence electrons. The summed E-state index contributed by atoms with van der Waals surface area (Å²) in [4.78, 5) is 45.6. The Morgan fingerprint density at radius 1 is 1.14 bits per heavy atom. The molecule has 1 atom stereocenters. The van der Waals surface area contributed by atoms with Gasteiger partial charge in [0.1, 0.15) is 5.15 Å². The molecular weight excluding hydrogens is 394 g/mol. The Labute approximate surface area is 173 Å². The number of hydrogen-bond donors (Lipinski definition) is 2. The zero-order valence-corrected chi connectivity index (χ0v) is 16.7. The van der Waals surface area contributed by atoms with Crippen molar-refractivity contribution in [2.75, 3.05) is 26.2 Å². The van der Waals surface area contributed by atoms with Crippen molar-refractivity contribution in [2.24, 2.45) is 5.73 Å². The minimum Gasteiger partial charge on any atom is -0.351 e. The smallest absolute Gasteiger partial charge is 0.263 e. The number of rotatable bonds is 5. The highest BCUT2D eigenvalue weighted by molar-refractivity contribution is 6.29. The van der Waals surface area contributed by atoms with Crippen LogP contribution in [0.15, 0.2) is 42.6 Å². The van der Waals surface area contributed by atoms with Gasteiger partial charge in [-0.25, -0.2) is 4.98 Å². The first-order chi connectivity index (χ1) is 13.9. The predicted molar refractivity (Wildman–Crippen MR) is 108 cm³/mol. The van der Waals surface area contributed by atoms with Crippen molar-refractivity contribution < 1.29 is 14.4 Å². The Morgan fingerprint density at radius 3 is 2.41 bits per heavy atom. The number of halogens is 1. The second-order valence-electron chi connectivity index (χ2n) is 6.69. The Kier molecular flexibility index (Phi) is 6.46. The van der Waals surface area contributed by atoms with Gasteiger partial charge in [-0.1, -0.05) is 29.3 Å². The van der Waals surface area contributed by atoms with Crippen molar-refractivity contribution in [3.63, 3.8) is 0 Å². The van der Waals surface area contributed by atoms with Crippen LogP contribution in [0.5, 0.6) is 0 Å². The maximum absolute atomic E-state index is 13.1. The number of carbonyl (C=O) groups is 3. The SMILES string of the molecule is Cc1cccc(C(=O)N2CCN(C(=O)c3ccc(Cl)nc3)C2C(=O)NCCN)c1. The summed E-state index contributed by atoms with van der Waals surface area (Å²) in [6.45, 7) is 2.83. The molecular formula is C20H22ClN5O3. The molecule has 1 aromatic heterocycles. The van der Waals surface area contributed by atoms with Crippen molar-refractivity contribution in [1.29, 1.82) is 0 Å². The van der Waals surface area contributed by atoms with Crippen molar-refractivity contribution in [1.82, 2.24) is 20.1 Å². The van der Waals surface area contributed by atoms with Crippen molar-refractivity contribution >= 4 is 29.3 Å². The summed E-state index contributed by atoms with van der Waals surface area (Å²) >= 11 is 5.79. The second-order valence-corrected chi connectivity index (χ2v) is 7.08. The van der Waals surface area contributed by atoms with Crippen LogP contribution >= 0.6 is 11.6 Å². The molecule has 0 bridgehead atoms. The van der Waals surface area contributed by atoms with Gasteiger partial charge in [0, 0.05) is 37.9 Å². The zero-order chi connectivity index (χ0) is 21.0. The number of pyridine rings is 1. The second kappa shape index (κ2) is 9.02. The van der Waals surface area contributed by atoms with Crippen LogP contribution in [0.25, 0.3) is 0 Å². The first-order valence-electron chi connectivity index (χ1n) is 9.20. The lowest BCUT2D eigenvalue weighted by molar-refractivity contribution is -0.128. The van der Waals surface area contributed by atoms with Crippen LogP contribution in [0.3, 0.4) is 0 Å². The number of benzene rings is 1. The lowest BCUT2D eigenvalue weighted by Gasteiger charge is -2.29. The van der Waals surface area contributed by atoms with E-state index in [1.807, 2.05) is 13.0 Å². The molecule has 9 heteroatoms. The molecule has 29 heavy (non-hydrogen) atoms. The van der Waals surface area contributed by atoms with Gasteiger partial charge < -0.3 is 20.9 Å². The number of nitrogens with zero attached hydrogens (tertiary/aromatic N) is 3. The van der Waals surface area contributed by atoms with E-state index in [4.69, 9.17) is 17.3 Å². The molecule has 1 unspecified atom stereocenters. The van der Waals surface area contributed by atoms with Gasteiger partial charge in [-0.2, -0.15) is 0 Å². The lowest BCUT2D eigenvalue weighted by Crippen LogP contribution is -2.54. The highest BCUT2D eigenvalue weighted by Gasteiger charge is 2.43. The van der Waals surface area contributed by atoms with E-state index < -0.39 is 18.0 Å². The highest BCUT2D eigenvalue weighted by atomic mass is 35.5. The van der Waals surface area contributed by atoms with Crippen molar-refractivity contribution in [2.45, 2.75) is 13.1 Å². The van der Waals surface area contributed by atoms with Gasteiger partial charge in [0.05, 0.1) is 5.56 Å². The van der Waals surface area contributed by atoms with E-state index in [1.54, 1.807) is 18.2 Å². The van der Waals surface area contributed by atoms with Crippen LogP contribution in [0, 0.1) is 6.92 Å². The molecule has 0 saturated carbocycles. The number of amides is 3. The molecule has 3 rings (SSSR count). The summed E-state index contributed by atoms with van der Waals surface area (Å²) in [7, 11) is 0. The molecule has 3 amide bonds. The molecule has 2 heterocycles. The third kappa shape index (κ3) is 4.55. The topological polar surface area (TPSA) is 109 Å². The maximum atomic E-state index is 13.1. The first kappa shape index (κ1) is 20.8. The number of nitrogens with one attached hydrogen (secondary N) is 1. The Hall–Kier alpha value is -2.97. The number of aryl methyl sites for hydroxylation is 1. The standard InChI is InChI=1S/C20H22ClN5O3/c1-13-3-2-4-14(11-13)19(28)25-9-10-26(18(25)17(27)23-8-7-22)20(29)15-5-6-16(21)24-12-15/h2-6,11-12,18H,7-10,22H2,1H3,(H,23,27). The van der Waals surface area contributed by atoms with Gasteiger partial charge in [0.25, 0.3) is 17.7 Å². The van der Waals surface area contributed by atoms with Gasteiger partial charge >= 0.3 is 0 Å². The summed E-state index contributed by atoms with van der Waals surface area (Å²) in [6, 6.07) is 10.2. The van der Waals surface area contributed by atoms with E-state index in [0.717, 1.165) is 5.56 Å². The fourth-order valence-corrected chi connectivity index (χ4v) is 3.35. The van der Waals surface area contributed by atoms with E-state index in [9.17, 15) is 14.4 Å². The normalized spacial score (nSPS) is 16.0. The average Bonchev–Trinajstić information content (AvgIpc) is 3.16. The third-order valence-electron chi connectivity index (χ3n) is 4.61. The van der Waals surface area contributed by atoms with E-state index in [2.05, 4.69) is 10.3 Å². The first-order valence-corrected chi connectivity index (χ1v) is 9.58. The van der Waals surface area contributed by atoms with Gasteiger partial charge in [-0.3, -0.25) is 14.4 Å². The number of hydrogen-bond acceptors (Lipinski definition) is 5. The Balaban J connectivity index is 1.90. The van der Waals surface area contributed by atoms with E-state index in [-0.39, 0.29) is 42.8 Å². The fourth-order valence-electron chi connectivity index (χ4n) is 3.24. The molecule has 3 N–H and O–H groups in total. The van der Waals surface area contributed by atoms with Gasteiger partial charge in [-0.05, 0) is 31.2 Å². The van der Waals surface area contributed by atoms with Crippen LogP contribution in [-0.2, 0) is 4.79 Å². The largest absolute Gasteiger partial charge is 0.351 e. The third-order valence-corrected chi connectivity index (χ3v) is 4.83. The maximum Gasteiger partial charge on any atom is 0.263 e. The molecule has 0 radical (unpaired) electrons. The van der Waals surface area contributed by atoms with Crippen LogP contribution in [0.2, 0.25) is 5.15 Å². The molecule has 0 spiro atoms. The monoisotopic (exact) mass is 415 g/mol. The lowest BCUT2D eigenvalue weighted by atomic mass is 10.1. The molecule has 0 aliphatic carbocycles. The summed E-state index contributed by atoms with van der Waals surface area (Å²) in [5.41, 5.74) is 7.16. The van der Waals surface area contributed by atoms with E-state index in [0.29, 0.717) is 5.56 Å². The van der Waals surface area contributed by atoms with Gasteiger partial charge in [0.2, 0.25) is 0 Å². The van der Waals surface area contributed by atoms with E-state index >= 15 is 0 Å². The summed E-state index contributed by atoms with van der Waals surface area (Å²) in [6.07, 6.45) is 0.280. The minimum absolute atomic E-state index is 0.222. The van der Waals surface area contributed by atoms with Crippen LogP contribution in [-0.4, -0.2) is 64.9 Å². The number of nitrogens with two attached hydrogens (primary N) is 1. The average molecular weight is 416 g/mol. The molecule has 1 fully saturated rings. The fraction of sp³-hybridized carbons (Fsp3) is 0.300. The Morgan fingerprint density at radius 2 is 1.83 bits per heavy atom. The molecule has 1 aliphatic rings. The molecule has 2 aromatic rings. The van der Waals surface area contributed by atoms with Crippen LogP contribution < -0.4 is 11.1 Å². The highest BCUT2D eigenvalue weighted by Crippen LogP contribution is 2.21. The zero-order valence-electron chi connectivity index (χ0n) is 16.0. The molecule has 1 aromatic carbocycles. The van der Waals surface area contributed by atoms with Crippen LogP contribution in [0.1, 0.15) is 26.3 Å². The quantitative estimate of drug-likeness (QED) is 0.709. The Bertz CT molecular complexity index is 919. The number of carbonyl (C=O) groups excluding carboxylic acids is 3. The van der Waals surface area contributed by atoms with Crippen LogP contribution in [0.4, 0.5) is 0 Å². The summed E-state index contributed by atoms with van der Waals surface area (Å²) < 4.78 is 0. The molecule has 8 nitrogen and oxygen atoms in total. The minimum atomic E-state index is -1.07.